The van der Waals surface area contributed by atoms with E-state index in [9.17, 15) is 9.59 Å². The molecule has 2 N–H and O–H groups in total. The molecule has 21 heavy (non-hydrogen) atoms. The lowest BCUT2D eigenvalue weighted by molar-refractivity contribution is -0.163. The maximum atomic E-state index is 11.6. The second-order valence-corrected chi connectivity index (χ2v) is 5.57. The van der Waals surface area contributed by atoms with Crippen molar-refractivity contribution in [3.05, 3.63) is 35.9 Å². The monoisotopic (exact) mass is 291 g/mol. The van der Waals surface area contributed by atoms with E-state index in [0.29, 0.717) is 12.8 Å². The number of carboxylic acids is 1. The molecule has 112 valence electrons. The highest BCUT2D eigenvalue weighted by atomic mass is 16.6. The Bertz CT molecular complexity index is 538. The zero-order valence-electron chi connectivity index (χ0n) is 11.5. The summed E-state index contributed by atoms with van der Waals surface area (Å²) in [6, 6.07) is 9.39. The van der Waals surface area contributed by atoms with Crippen molar-refractivity contribution in [3.63, 3.8) is 0 Å². The maximum Gasteiger partial charge on any atom is 0.407 e. The number of aliphatic carboxylic acids is 1. The molecule has 3 fully saturated rings. The Kier molecular flexibility index (Phi) is 3.55. The second-order valence-electron chi connectivity index (χ2n) is 5.57. The van der Waals surface area contributed by atoms with Crippen LogP contribution in [0.2, 0.25) is 0 Å². The minimum absolute atomic E-state index is 0.209. The minimum atomic E-state index is -1.01. The van der Waals surface area contributed by atoms with Gasteiger partial charge in [-0.15, -0.1) is 0 Å². The van der Waals surface area contributed by atoms with E-state index in [1.807, 2.05) is 30.3 Å². The predicted octanol–water partition coefficient (Wildman–Crippen LogP) is 1.54. The number of nitrogens with one attached hydrogen (secondary N) is 1. The molecule has 1 aromatic carbocycles. The molecule has 3 aliphatic rings. The van der Waals surface area contributed by atoms with E-state index in [0.717, 1.165) is 5.56 Å². The molecule has 2 bridgehead atoms. The molecule has 6 heteroatoms. The first kappa shape index (κ1) is 13.9. The molecule has 2 heterocycles. The zero-order chi connectivity index (χ0) is 14.9. The lowest BCUT2D eigenvalue weighted by atomic mass is 9.72. The van der Waals surface area contributed by atoms with Crippen LogP contribution in [0, 0.1) is 5.92 Å². The van der Waals surface area contributed by atoms with E-state index in [1.165, 1.54) is 0 Å². The van der Waals surface area contributed by atoms with Crippen LogP contribution >= 0.6 is 0 Å². The second kappa shape index (κ2) is 5.37. The van der Waals surface area contributed by atoms with Crippen LogP contribution in [0.4, 0.5) is 4.79 Å². The molecule has 6 nitrogen and oxygen atoms in total. The van der Waals surface area contributed by atoms with Gasteiger partial charge >= 0.3 is 12.1 Å². The number of carbonyl (C=O) groups is 2. The van der Waals surface area contributed by atoms with E-state index in [-0.39, 0.29) is 25.2 Å². The standard InChI is InChI=1S/C15H17NO5/c17-13(18)15-6-11(7-15)12(21-15)8-16-14(19)20-9-10-4-2-1-3-5-10/h1-5,11-12H,6-9H2,(H,16,19)(H,17,18). The topological polar surface area (TPSA) is 84.9 Å². The number of rotatable bonds is 5. The van der Waals surface area contributed by atoms with Crippen molar-refractivity contribution in [2.75, 3.05) is 6.54 Å². The lowest BCUT2D eigenvalue weighted by Crippen LogP contribution is -2.44. The first-order valence-electron chi connectivity index (χ1n) is 6.95. The fraction of sp³-hybridized carbons (Fsp3) is 0.467. The maximum absolute atomic E-state index is 11.6. The van der Waals surface area contributed by atoms with Gasteiger partial charge in [-0.3, -0.25) is 0 Å². The molecule has 1 aliphatic carbocycles. The molecule has 2 aliphatic heterocycles. The fourth-order valence-corrected chi connectivity index (χ4v) is 2.92. The third-order valence-corrected chi connectivity index (χ3v) is 4.14. The third-order valence-electron chi connectivity index (χ3n) is 4.14. The first-order chi connectivity index (χ1) is 10.1. The predicted molar refractivity (Wildman–Crippen MR) is 72.6 cm³/mol. The third kappa shape index (κ3) is 2.71. The molecular formula is C15H17NO5. The van der Waals surface area contributed by atoms with Gasteiger partial charge in [-0.1, -0.05) is 30.3 Å². The van der Waals surface area contributed by atoms with E-state index in [1.54, 1.807) is 0 Å². The van der Waals surface area contributed by atoms with Crippen molar-refractivity contribution >= 4 is 12.1 Å². The van der Waals surface area contributed by atoms with Crippen LogP contribution in [-0.4, -0.2) is 35.4 Å². The SMILES string of the molecule is O=C(NCC1OC2(C(=O)O)CC1C2)OCc1ccccc1. The Morgan fingerprint density at radius 2 is 2.05 bits per heavy atom. The van der Waals surface area contributed by atoms with Gasteiger partial charge in [-0.05, 0) is 24.3 Å². The fourth-order valence-electron chi connectivity index (χ4n) is 2.92. The summed E-state index contributed by atoms with van der Waals surface area (Å²) in [4.78, 5) is 22.7. The quantitative estimate of drug-likeness (QED) is 0.859. The summed E-state index contributed by atoms with van der Waals surface area (Å²) >= 11 is 0. The highest BCUT2D eigenvalue weighted by Crippen LogP contribution is 2.52. The number of carbonyl (C=O) groups excluding carboxylic acids is 1. The smallest absolute Gasteiger partial charge is 0.407 e. The van der Waals surface area contributed by atoms with Crippen molar-refractivity contribution in [2.45, 2.75) is 31.2 Å². The molecular weight excluding hydrogens is 274 g/mol. The molecule has 0 spiro atoms. The van der Waals surface area contributed by atoms with Gasteiger partial charge in [0.2, 0.25) is 0 Å². The van der Waals surface area contributed by atoms with Crippen molar-refractivity contribution < 1.29 is 24.2 Å². The van der Waals surface area contributed by atoms with Crippen molar-refractivity contribution in [1.82, 2.24) is 5.32 Å². The number of ether oxygens (including phenoxy) is 2. The normalized spacial score (nSPS) is 29.5. The average molecular weight is 291 g/mol. The molecule has 1 atom stereocenters. The Morgan fingerprint density at radius 1 is 1.33 bits per heavy atom. The Morgan fingerprint density at radius 3 is 2.67 bits per heavy atom. The number of fused-ring (bicyclic) bond motifs is 1. The van der Waals surface area contributed by atoms with E-state index in [4.69, 9.17) is 14.6 Å². The molecule has 1 amide bonds. The number of hydrogen-bond acceptors (Lipinski definition) is 4. The largest absolute Gasteiger partial charge is 0.479 e. The molecule has 4 rings (SSSR count). The summed E-state index contributed by atoms with van der Waals surface area (Å²) < 4.78 is 10.6. The van der Waals surface area contributed by atoms with Gasteiger partial charge in [0.1, 0.15) is 6.61 Å². The molecule has 0 aromatic heterocycles. The minimum Gasteiger partial charge on any atom is -0.479 e. The summed E-state index contributed by atoms with van der Waals surface area (Å²) in [7, 11) is 0. The van der Waals surface area contributed by atoms with Gasteiger partial charge in [0.05, 0.1) is 6.10 Å². The Labute approximate surface area is 122 Å². The molecule has 1 aromatic rings. The van der Waals surface area contributed by atoms with Gasteiger partial charge in [0, 0.05) is 6.54 Å². The van der Waals surface area contributed by atoms with Crippen molar-refractivity contribution in [3.8, 4) is 0 Å². The van der Waals surface area contributed by atoms with E-state index in [2.05, 4.69) is 5.32 Å². The number of amides is 1. The lowest BCUT2D eigenvalue weighted by Gasteiger charge is -2.30. The first-order valence-corrected chi connectivity index (χ1v) is 6.95. The highest BCUT2D eigenvalue weighted by molar-refractivity contribution is 5.79. The zero-order valence-corrected chi connectivity index (χ0v) is 11.5. The van der Waals surface area contributed by atoms with Crippen LogP contribution in [-0.2, 0) is 20.9 Å². The van der Waals surface area contributed by atoms with Crippen LogP contribution in [0.15, 0.2) is 30.3 Å². The summed E-state index contributed by atoms with van der Waals surface area (Å²) in [5.74, 6) is -0.691. The van der Waals surface area contributed by atoms with Gasteiger partial charge in [-0.25, -0.2) is 9.59 Å². The average Bonchev–Trinajstić information content (AvgIpc) is 2.99. The molecule has 1 unspecified atom stereocenters. The number of alkyl carbamates (subject to hydrolysis) is 1. The van der Waals surface area contributed by atoms with Crippen LogP contribution in [0.1, 0.15) is 18.4 Å². The number of benzene rings is 1. The van der Waals surface area contributed by atoms with Crippen molar-refractivity contribution in [2.24, 2.45) is 5.92 Å². The van der Waals surface area contributed by atoms with E-state index >= 15 is 0 Å². The summed E-state index contributed by atoms with van der Waals surface area (Å²) in [5, 5.41) is 11.7. The van der Waals surface area contributed by atoms with Crippen LogP contribution in [0.3, 0.4) is 0 Å². The molecule has 2 saturated heterocycles. The Hall–Kier alpha value is -2.08. The van der Waals surface area contributed by atoms with Crippen LogP contribution in [0.25, 0.3) is 0 Å². The molecule has 1 saturated carbocycles. The summed E-state index contributed by atoms with van der Waals surface area (Å²) in [6.45, 7) is 0.494. The van der Waals surface area contributed by atoms with Crippen molar-refractivity contribution in [1.29, 1.82) is 0 Å². The van der Waals surface area contributed by atoms with Crippen LogP contribution in [0.5, 0.6) is 0 Å². The Balaban J connectivity index is 1.40. The van der Waals surface area contributed by atoms with Crippen LogP contribution < -0.4 is 5.32 Å². The van der Waals surface area contributed by atoms with Gasteiger partial charge < -0.3 is 19.9 Å². The summed E-state index contributed by atoms with van der Waals surface area (Å²) in [6.07, 6.45) is 0.322. The number of hydrogen-bond donors (Lipinski definition) is 2. The molecule has 0 radical (unpaired) electrons. The van der Waals surface area contributed by atoms with Gasteiger partial charge in [-0.2, -0.15) is 0 Å². The highest BCUT2D eigenvalue weighted by Gasteiger charge is 2.62. The van der Waals surface area contributed by atoms with E-state index < -0.39 is 17.7 Å². The van der Waals surface area contributed by atoms with Gasteiger partial charge in [0.25, 0.3) is 0 Å². The number of carboxylic acid groups (broad SMARTS) is 1. The summed E-state index contributed by atoms with van der Waals surface area (Å²) in [5.41, 5.74) is -0.0952. The van der Waals surface area contributed by atoms with Gasteiger partial charge in [0.15, 0.2) is 5.60 Å².